The molecule has 202 valence electrons. The smallest absolute Gasteiger partial charge is 0.323 e. The molecule has 34 heavy (non-hydrogen) atoms. The topological polar surface area (TPSA) is 35.5 Å². The Morgan fingerprint density at radius 2 is 1.29 bits per heavy atom. The molecule has 3 nitrogen and oxygen atoms in total. The summed E-state index contributed by atoms with van der Waals surface area (Å²) < 4.78 is 12.3. The Morgan fingerprint density at radius 1 is 0.853 bits per heavy atom. The summed E-state index contributed by atoms with van der Waals surface area (Å²) in [5.74, 6) is -0.0458. The summed E-state index contributed by atoms with van der Waals surface area (Å²) in [6.45, 7) is 13.9. The fourth-order valence-corrected chi connectivity index (χ4v) is 6.72. The van der Waals surface area contributed by atoms with Crippen molar-refractivity contribution < 1.29 is 14.0 Å². The summed E-state index contributed by atoms with van der Waals surface area (Å²) in [6.07, 6.45) is 25.1. The predicted octanol–water partition coefficient (Wildman–Crippen LogP) is 9.69. The van der Waals surface area contributed by atoms with Gasteiger partial charge in [-0.2, -0.15) is 0 Å². The summed E-state index contributed by atoms with van der Waals surface area (Å²) in [5, 5.41) is 0.210. The van der Waals surface area contributed by atoms with Gasteiger partial charge in [-0.1, -0.05) is 124 Å². The van der Waals surface area contributed by atoms with Gasteiger partial charge in [0.2, 0.25) is 0 Å². The molecule has 0 aromatic carbocycles. The summed E-state index contributed by atoms with van der Waals surface area (Å²) in [6, 6.07) is 0. The zero-order valence-electron chi connectivity index (χ0n) is 23.9. The van der Waals surface area contributed by atoms with Crippen LogP contribution in [-0.4, -0.2) is 38.0 Å². The van der Waals surface area contributed by atoms with Crippen molar-refractivity contribution in [3.8, 4) is 0 Å². The maximum absolute atomic E-state index is 11.7. The molecule has 0 amide bonds. The van der Waals surface area contributed by atoms with Crippen LogP contribution >= 0.6 is 11.8 Å². The van der Waals surface area contributed by atoms with Gasteiger partial charge in [-0.3, -0.25) is 4.79 Å². The first kappa shape index (κ1) is 32.0. The number of esters is 1. The maximum Gasteiger partial charge on any atom is 0.323 e. The third-order valence-corrected chi connectivity index (χ3v) is 13.5. The van der Waals surface area contributed by atoms with Crippen molar-refractivity contribution in [2.75, 3.05) is 6.26 Å². The molecule has 0 N–H and O–H groups in total. The van der Waals surface area contributed by atoms with Crippen LogP contribution in [0.25, 0.3) is 0 Å². The number of rotatable bonds is 21. The Labute approximate surface area is 218 Å². The van der Waals surface area contributed by atoms with Crippen molar-refractivity contribution in [1.82, 2.24) is 0 Å². The third-order valence-electron chi connectivity index (χ3n) is 7.98. The lowest BCUT2D eigenvalue weighted by Crippen LogP contribution is -2.51. The predicted molar refractivity (Wildman–Crippen MR) is 153 cm³/mol. The van der Waals surface area contributed by atoms with Crippen LogP contribution in [0, 0.1) is 0 Å². The van der Waals surface area contributed by atoms with Gasteiger partial charge in [-0.15, -0.1) is 11.8 Å². The molecule has 1 aliphatic heterocycles. The minimum absolute atomic E-state index is 0.00609. The Kier molecular flexibility index (Phi) is 16.4. The lowest BCUT2D eigenvalue weighted by Gasteiger charge is -2.42. The van der Waals surface area contributed by atoms with E-state index in [0.717, 1.165) is 12.8 Å². The Bertz CT molecular complexity index is 532. The fraction of sp³-hybridized carbons (Fsp3) is 0.966. The number of ether oxygens (including phenoxy) is 1. The van der Waals surface area contributed by atoms with Crippen LogP contribution in [0.15, 0.2) is 0 Å². The number of carbonyl (C=O) groups excluding carboxylic acids is 1. The van der Waals surface area contributed by atoms with Crippen LogP contribution in [0.1, 0.15) is 137 Å². The minimum atomic E-state index is -1.83. The van der Waals surface area contributed by atoms with Gasteiger partial charge < -0.3 is 9.16 Å². The Morgan fingerprint density at radius 3 is 1.68 bits per heavy atom. The zero-order chi connectivity index (χ0) is 25.5. The first-order valence-electron chi connectivity index (χ1n) is 14.5. The van der Waals surface area contributed by atoms with E-state index in [1.54, 1.807) is 11.8 Å². The van der Waals surface area contributed by atoms with Crippen molar-refractivity contribution in [3.63, 3.8) is 0 Å². The molecule has 1 heterocycles. The van der Waals surface area contributed by atoms with Crippen molar-refractivity contribution >= 4 is 26.0 Å². The second-order valence-corrected chi connectivity index (χ2v) is 17.8. The lowest BCUT2D eigenvalue weighted by molar-refractivity contribution is -0.169. The second kappa shape index (κ2) is 17.5. The molecule has 5 heteroatoms. The number of unbranched alkanes of at least 4 members (excludes halogenated alkanes) is 14. The van der Waals surface area contributed by atoms with Crippen LogP contribution in [-0.2, 0) is 14.0 Å². The van der Waals surface area contributed by atoms with Crippen molar-refractivity contribution in [1.29, 1.82) is 0 Å². The first-order chi connectivity index (χ1) is 16.1. The van der Waals surface area contributed by atoms with Gasteiger partial charge in [0.25, 0.3) is 0 Å². The number of carbonyl (C=O) groups is 1. The van der Waals surface area contributed by atoms with E-state index in [9.17, 15) is 4.79 Å². The number of cyclic esters (lactones) is 1. The number of hydrogen-bond donors (Lipinski definition) is 0. The molecule has 0 saturated carbocycles. The van der Waals surface area contributed by atoms with E-state index in [1.807, 2.05) is 6.26 Å². The van der Waals surface area contributed by atoms with E-state index in [2.05, 4.69) is 40.8 Å². The molecule has 2 unspecified atom stereocenters. The zero-order valence-corrected chi connectivity index (χ0v) is 25.7. The highest BCUT2D eigenvalue weighted by Gasteiger charge is 2.45. The molecule has 0 radical (unpaired) electrons. The van der Waals surface area contributed by atoms with E-state index in [-0.39, 0.29) is 28.5 Å². The molecule has 3 atom stereocenters. The summed E-state index contributed by atoms with van der Waals surface area (Å²) in [5.41, 5.74) is 0. The number of hydrogen-bond acceptors (Lipinski definition) is 4. The maximum atomic E-state index is 11.7. The molecule has 1 fully saturated rings. The van der Waals surface area contributed by atoms with Crippen LogP contribution in [0.4, 0.5) is 0 Å². The monoisotopic (exact) mass is 514 g/mol. The third kappa shape index (κ3) is 12.8. The highest BCUT2D eigenvalue weighted by molar-refractivity contribution is 8.00. The second-order valence-electron chi connectivity index (χ2n) is 12.1. The number of thioether (sulfide) groups is 1. The van der Waals surface area contributed by atoms with Crippen molar-refractivity contribution in [2.45, 2.75) is 172 Å². The van der Waals surface area contributed by atoms with E-state index < -0.39 is 8.32 Å². The van der Waals surface area contributed by atoms with Gasteiger partial charge in [-0.25, -0.2) is 0 Å². The first-order valence-corrected chi connectivity index (χ1v) is 18.7. The Hall–Kier alpha value is -0.00312. The average Bonchev–Trinajstić information content (AvgIpc) is 2.75. The van der Waals surface area contributed by atoms with Gasteiger partial charge >= 0.3 is 5.97 Å². The molecular formula is C29H58O3SSi. The average molecular weight is 515 g/mol. The highest BCUT2D eigenvalue weighted by atomic mass is 32.2. The largest absolute Gasteiger partial charge is 0.460 e. The van der Waals surface area contributed by atoms with Gasteiger partial charge in [0.15, 0.2) is 8.32 Å². The van der Waals surface area contributed by atoms with Gasteiger partial charge in [0.05, 0.1) is 0 Å². The normalized spacial score (nSPS) is 19.7. The molecule has 0 bridgehead atoms. The van der Waals surface area contributed by atoms with E-state index >= 15 is 0 Å². The molecule has 0 aromatic rings. The lowest BCUT2D eigenvalue weighted by atomic mass is 9.99. The molecule has 1 aliphatic rings. The van der Waals surface area contributed by atoms with E-state index in [1.165, 1.54) is 96.3 Å². The quantitative estimate of drug-likeness (QED) is 0.0867. The van der Waals surface area contributed by atoms with Crippen LogP contribution in [0.3, 0.4) is 0 Å². The molecular weight excluding hydrogens is 456 g/mol. The minimum Gasteiger partial charge on any atom is -0.460 e. The fourth-order valence-electron chi connectivity index (χ4n) is 4.60. The van der Waals surface area contributed by atoms with Gasteiger partial charge in [0.1, 0.15) is 11.4 Å². The van der Waals surface area contributed by atoms with Crippen LogP contribution in [0.5, 0.6) is 0 Å². The Balaban J connectivity index is 2.18. The van der Waals surface area contributed by atoms with Crippen molar-refractivity contribution in [3.05, 3.63) is 0 Å². The SMILES string of the molecule is CCCCCCCCCCCCCCCCC[C@H](CC1OC(=O)C1SC)O[Si](C)(C)C(C)(C)C. The van der Waals surface area contributed by atoms with Crippen LogP contribution in [0.2, 0.25) is 18.1 Å². The van der Waals surface area contributed by atoms with Crippen LogP contribution < -0.4 is 0 Å². The van der Waals surface area contributed by atoms with Gasteiger partial charge in [0, 0.05) is 12.5 Å². The standard InChI is InChI=1S/C29H58O3SSi/c1-8-9-10-11-12-13-14-15-16-17-18-19-20-21-22-23-25(32-34(6,7)29(2,3)4)24-26-27(33-5)28(30)31-26/h25-27H,8-24H2,1-7H3/t25-,26?,27?/m1/s1. The molecule has 1 rings (SSSR count). The molecule has 0 aliphatic carbocycles. The molecule has 0 spiro atoms. The van der Waals surface area contributed by atoms with Gasteiger partial charge in [-0.05, 0) is 30.8 Å². The molecule has 1 saturated heterocycles. The van der Waals surface area contributed by atoms with Crippen molar-refractivity contribution in [2.24, 2.45) is 0 Å². The van der Waals surface area contributed by atoms with E-state index in [4.69, 9.17) is 9.16 Å². The van der Waals surface area contributed by atoms with E-state index in [0.29, 0.717) is 0 Å². The summed E-state index contributed by atoms with van der Waals surface area (Å²) in [4.78, 5) is 11.7. The highest BCUT2D eigenvalue weighted by Crippen LogP contribution is 2.39. The summed E-state index contributed by atoms with van der Waals surface area (Å²) >= 11 is 1.62. The molecule has 0 aromatic heterocycles. The summed E-state index contributed by atoms with van der Waals surface area (Å²) in [7, 11) is -1.83.